The largest absolute Gasteiger partial charge is 0.395 e. The molecule has 25 heavy (non-hydrogen) atoms. The maximum Gasteiger partial charge on any atom is 0.325 e. The molecular formula is C18H26N4O3. The van der Waals surface area contributed by atoms with Crippen LogP contribution in [0.15, 0.2) is 24.3 Å². The number of aryl methyl sites for hydroxylation is 1. The molecule has 136 valence electrons. The molecule has 2 heterocycles. The van der Waals surface area contributed by atoms with Crippen molar-refractivity contribution in [1.29, 1.82) is 0 Å². The van der Waals surface area contributed by atoms with Crippen LogP contribution in [-0.2, 0) is 4.79 Å². The number of benzene rings is 1. The lowest BCUT2D eigenvalue weighted by molar-refractivity contribution is -0.133. The fraction of sp³-hybridized carbons (Fsp3) is 0.556. The van der Waals surface area contributed by atoms with Gasteiger partial charge in [-0.15, -0.1) is 0 Å². The zero-order chi connectivity index (χ0) is 17.8. The maximum absolute atomic E-state index is 12.6. The fourth-order valence-electron chi connectivity index (χ4n) is 3.32. The minimum atomic E-state index is -0.101. The third-order valence-corrected chi connectivity index (χ3v) is 4.91. The highest BCUT2D eigenvalue weighted by atomic mass is 16.3. The Hall–Kier alpha value is -2.12. The van der Waals surface area contributed by atoms with Crippen molar-refractivity contribution < 1.29 is 14.7 Å². The third kappa shape index (κ3) is 4.11. The quantitative estimate of drug-likeness (QED) is 0.837. The molecule has 0 unspecified atom stereocenters. The predicted octanol–water partition coefficient (Wildman–Crippen LogP) is 0.374. The highest BCUT2D eigenvalue weighted by Crippen LogP contribution is 2.20. The summed E-state index contributed by atoms with van der Waals surface area (Å²) in [6.07, 6.45) is 0. The van der Waals surface area contributed by atoms with Gasteiger partial charge < -0.3 is 14.9 Å². The second kappa shape index (κ2) is 7.84. The number of β-amino-alcohol motifs (C(OH)–C–C–N with tert-alkyl or cyclic N) is 1. The van der Waals surface area contributed by atoms with E-state index in [2.05, 4.69) is 4.90 Å². The van der Waals surface area contributed by atoms with E-state index in [0.29, 0.717) is 32.7 Å². The number of rotatable bonds is 5. The molecule has 0 aliphatic carbocycles. The predicted molar refractivity (Wildman–Crippen MR) is 95.6 cm³/mol. The second-order valence-corrected chi connectivity index (χ2v) is 6.64. The van der Waals surface area contributed by atoms with Gasteiger partial charge in [-0.25, -0.2) is 4.79 Å². The number of amides is 3. The van der Waals surface area contributed by atoms with Gasteiger partial charge in [0.1, 0.15) is 6.54 Å². The Bertz CT molecular complexity index is 611. The molecule has 2 saturated heterocycles. The first-order valence-electron chi connectivity index (χ1n) is 8.82. The summed E-state index contributed by atoms with van der Waals surface area (Å²) in [5, 5.41) is 8.98. The van der Waals surface area contributed by atoms with E-state index in [1.807, 2.05) is 36.1 Å². The average molecular weight is 346 g/mol. The number of hydrogen-bond donors (Lipinski definition) is 1. The Labute approximate surface area is 148 Å². The molecule has 0 radical (unpaired) electrons. The zero-order valence-corrected chi connectivity index (χ0v) is 14.7. The molecule has 1 N–H and O–H groups in total. The van der Waals surface area contributed by atoms with Crippen LogP contribution in [0.4, 0.5) is 10.5 Å². The summed E-state index contributed by atoms with van der Waals surface area (Å²) in [5.74, 6) is 0.00255. The van der Waals surface area contributed by atoms with Gasteiger partial charge in [0.2, 0.25) is 5.91 Å². The van der Waals surface area contributed by atoms with Gasteiger partial charge in [0, 0.05) is 51.5 Å². The third-order valence-electron chi connectivity index (χ3n) is 4.91. The first-order chi connectivity index (χ1) is 12.1. The van der Waals surface area contributed by atoms with Crippen LogP contribution in [0.2, 0.25) is 0 Å². The summed E-state index contributed by atoms with van der Waals surface area (Å²) in [6, 6.07) is 7.76. The standard InChI is InChI=1S/C18H26N4O3/c1-15-2-4-16(5-3-15)22-11-10-21(18(22)25)14-17(24)20-8-6-19(7-9-20)12-13-23/h2-5,23H,6-14H2,1H3. The second-order valence-electron chi connectivity index (χ2n) is 6.64. The van der Waals surface area contributed by atoms with Crippen molar-refractivity contribution in [3.63, 3.8) is 0 Å². The summed E-state index contributed by atoms with van der Waals surface area (Å²) in [5.41, 5.74) is 2.03. The smallest absolute Gasteiger partial charge is 0.325 e. The topological polar surface area (TPSA) is 67.3 Å². The van der Waals surface area contributed by atoms with Crippen LogP contribution in [0.25, 0.3) is 0 Å². The van der Waals surface area contributed by atoms with Gasteiger partial charge in [-0.1, -0.05) is 17.7 Å². The number of urea groups is 1. The van der Waals surface area contributed by atoms with E-state index in [4.69, 9.17) is 5.11 Å². The summed E-state index contributed by atoms with van der Waals surface area (Å²) in [6.45, 7) is 6.99. The number of piperazine rings is 1. The summed E-state index contributed by atoms with van der Waals surface area (Å²) in [4.78, 5) is 32.4. The SMILES string of the molecule is Cc1ccc(N2CCN(CC(=O)N3CCN(CCO)CC3)C2=O)cc1. The van der Waals surface area contributed by atoms with E-state index in [-0.39, 0.29) is 25.1 Å². The van der Waals surface area contributed by atoms with E-state index >= 15 is 0 Å². The van der Waals surface area contributed by atoms with Crippen molar-refractivity contribution in [3.05, 3.63) is 29.8 Å². The average Bonchev–Trinajstić information content (AvgIpc) is 2.97. The van der Waals surface area contributed by atoms with Crippen LogP contribution in [0.1, 0.15) is 5.56 Å². The van der Waals surface area contributed by atoms with Crippen molar-refractivity contribution in [3.8, 4) is 0 Å². The molecule has 0 bridgehead atoms. The lowest BCUT2D eigenvalue weighted by Gasteiger charge is -2.35. The number of aliphatic hydroxyl groups is 1. The molecule has 7 nitrogen and oxygen atoms in total. The molecule has 3 rings (SSSR count). The van der Waals surface area contributed by atoms with Crippen LogP contribution >= 0.6 is 0 Å². The van der Waals surface area contributed by atoms with Gasteiger partial charge in [-0.2, -0.15) is 0 Å². The number of carbonyl (C=O) groups is 2. The molecular weight excluding hydrogens is 320 g/mol. The Morgan fingerprint density at radius 2 is 1.72 bits per heavy atom. The molecule has 0 spiro atoms. The molecule has 2 fully saturated rings. The molecule has 0 saturated carbocycles. The molecule has 0 atom stereocenters. The minimum absolute atomic E-state index is 0.00255. The number of carbonyl (C=O) groups excluding carboxylic acids is 2. The lowest BCUT2D eigenvalue weighted by atomic mass is 10.2. The molecule has 1 aromatic rings. The van der Waals surface area contributed by atoms with Crippen molar-refractivity contribution in [2.24, 2.45) is 0 Å². The van der Waals surface area contributed by atoms with Crippen LogP contribution in [0.5, 0.6) is 0 Å². The number of aliphatic hydroxyl groups excluding tert-OH is 1. The maximum atomic E-state index is 12.6. The molecule has 2 aliphatic heterocycles. The van der Waals surface area contributed by atoms with Crippen LogP contribution in [0.3, 0.4) is 0 Å². The van der Waals surface area contributed by atoms with Crippen LogP contribution in [0, 0.1) is 6.92 Å². The molecule has 3 amide bonds. The van der Waals surface area contributed by atoms with Gasteiger partial charge in [0.05, 0.1) is 6.61 Å². The van der Waals surface area contributed by atoms with Gasteiger partial charge in [0.25, 0.3) is 0 Å². The lowest BCUT2D eigenvalue weighted by Crippen LogP contribution is -2.52. The number of anilines is 1. The summed E-state index contributed by atoms with van der Waals surface area (Å²) < 4.78 is 0. The van der Waals surface area contributed by atoms with Crippen molar-refractivity contribution in [2.75, 3.05) is 63.9 Å². The normalized spacial score (nSPS) is 19.0. The first kappa shape index (κ1) is 17.7. The van der Waals surface area contributed by atoms with E-state index in [0.717, 1.165) is 24.3 Å². The van der Waals surface area contributed by atoms with Crippen molar-refractivity contribution in [1.82, 2.24) is 14.7 Å². The van der Waals surface area contributed by atoms with Gasteiger partial charge in [-0.05, 0) is 19.1 Å². The zero-order valence-electron chi connectivity index (χ0n) is 14.7. The Kier molecular flexibility index (Phi) is 5.55. The van der Waals surface area contributed by atoms with Crippen molar-refractivity contribution in [2.45, 2.75) is 6.92 Å². The van der Waals surface area contributed by atoms with E-state index in [1.165, 1.54) is 0 Å². The Balaban J connectivity index is 1.53. The van der Waals surface area contributed by atoms with Crippen molar-refractivity contribution >= 4 is 17.6 Å². The minimum Gasteiger partial charge on any atom is -0.395 e. The van der Waals surface area contributed by atoms with Gasteiger partial charge >= 0.3 is 6.03 Å². The van der Waals surface area contributed by atoms with E-state index in [1.54, 1.807) is 9.80 Å². The highest BCUT2D eigenvalue weighted by Gasteiger charge is 2.32. The highest BCUT2D eigenvalue weighted by molar-refractivity contribution is 5.96. The first-order valence-corrected chi connectivity index (χ1v) is 8.82. The number of hydrogen-bond acceptors (Lipinski definition) is 4. The summed E-state index contributed by atoms with van der Waals surface area (Å²) in [7, 11) is 0. The monoisotopic (exact) mass is 346 g/mol. The number of nitrogens with zero attached hydrogens (tertiary/aromatic N) is 4. The Morgan fingerprint density at radius 1 is 1.04 bits per heavy atom. The fourth-order valence-corrected chi connectivity index (χ4v) is 3.32. The van der Waals surface area contributed by atoms with Crippen LogP contribution < -0.4 is 4.90 Å². The molecule has 1 aromatic carbocycles. The van der Waals surface area contributed by atoms with Gasteiger partial charge in [-0.3, -0.25) is 14.6 Å². The van der Waals surface area contributed by atoms with Gasteiger partial charge in [0.15, 0.2) is 0 Å². The van der Waals surface area contributed by atoms with Crippen LogP contribution in [-0.4, -0.2) is 90.7 Å². The van der Waals surface area contributed by atoms with E-state index < -0.39 is 0 Å². The molecule has 2 aliphatic rings. The van der Waals surface area contributed by atoms with E-state index in [9.17, 15) is 9.59 Å². The summed E-state index contributed by atoms with van der Waals surface area (Å²) >= 11 is 0. The molecule has 0 aromatic heterocycles. The Morgan fingerprint density at radius 3 is 2.36 bits per heavy atom. The molecule has 7 heteroatoms.